The van der Waals surface area contributed by atoms with Gasteiger partial charge in [0, 0.05) is 30.5 Å². The zero-order valence-electron chi connectivity index (χ0n) is 16.6. The number of hydroxylamine groups is 2. The highest BCUT2D eigenvalue weighted by Crippen LogP contribution is 2.33. The molecule has 1 aliphatic heterocycles. The van der Waals surface area contributed by atoms with Gasteiger partial charge in [0.1, 0.15) is 12.4 Å². The number of halogens is 2. The third kappa shape index (κ3) is 4.35. The summed E-state index contributed by atoms with van der Waals surface area (Å²) in [7, 11) is -0.163. The van der Waals surface area contributed by atoms with Gasteiger partial charge in [-0.1, -0.05) is 0 Å². The molecule has 2 aromatic heterocycles. The zero-order chi connectivity index (χ0) is 22.1. The molecule has 0 saturated heterocycles. The first-order chi connectivity index (χ1) is 14.9. The molecular formula is C19H18F2N4O5S. The summed E-state index contributed by atoms with van der Waals surface area (Å²) < 4.78 is 46.9. The normalized spacial score (nSPS) is 14.0. The molecule has 1 atom stereocenters. The number of carbonyl (C=O) groups excluding carboxylic acids is 1. The Bertz CT molecular complexity index is 1170. The van der Waals surface area contributed by atoms with Crippen LogP contribution in [0.5, 0.6) is 11.5 Å². The summed E-state index contributed by atoms with van der Waals surface area (Å²) in [4.78, 5) is 29.1. The van der Waals surface area contributed by atoms with Crippen LogP contribution in [0.3, 0.4) is 0 Å². The van der Waals surface area contributed by atoms with Crippen molar-refractivity contribution in [2.75, 3.05) is 13.7 Å². The molecule has 31 heavy (non-hydrogen) atoms. The highest BCUT2D eigenvalue weighted by molar-refractivity contribution is 7.84. The van der Waals surface area contributed by atoms with Gasteiger partial charge in [0.2, 0.25) is 0 Å². The number of fused-ring (bicyclic) bond motifs is 2. The van der Waals surface area contributed by atoms with Gasteiger partial charge in [-0.25, -0.2) is 4.98 Å². The largest absolute Gasteiger partial charge is 0.435 e. The molecule has 9 nitrogen and oxygen atoms in total. The van der Waals surface area contributed by atoms with Gasteiger partial charge in [-0.05, 0) is 19.1 Å². The summed E-state index contributed by atoms with van der Waals surface area (Å²) >= 11 is 0. The Morgan fingerprint density at radius 1 is 1.42 bits per heavy atom. The molecule has 12 heteroatoms. The van der Waals surface area contributed by atoms with Gasteiger partial charge in [-0.3, -0.25) is 14.0 Å². The van der Waals surface area contributed by atoms with E-state index >= 15 is 0 Å². The highest BCUT2D eigenvalue weighted by atomic mass is 32.2. The average Bonchev–Trinajstić information content (AvgIpc) is 3.34. The quantitative estimate of drug-likeness (QED) is 0.587. The molecule has 3 heterocycles. The number of H-pyrrole nitrogens is 1. The third-order valence-corrected chi connectivity index (χ3v) is 5.80. The molecule has 4 rings (SSSR count). The number of hydrogen-bond donors (Lipinski definition) is 1. The molecule has 1 amide bonds. The maximum atomic E-state index is 12.9. The molecule has 0 spiro atoms. The molecular weight excluding hydrogens is 434 g/mol. The monoisotopic (exact) mass is 452 g/mol. The van der Waals surface area contributed by atoms with Crippen molar-refractivity contribution in [2.45, 2.75) is 31.0 Å². The molecule has 1 N–H and O–H groups in total. The van der Waals surface area contributed by atoms with Crippen LogP contribution >= 0.6 is 0 Å². The number of pyridine rings is 1. The number of nitrogens with zero attached hydrogens (tertiary/aromatic N) is 3. The first-order valence-electron chi connectivity index (χ1n) is 9.13. The Morgan fingerprint density at radius 3 is 2.97 bits per heavy atom. The molecule has 3 aromatic rings. The molecule has 0 aliphatic carbocycles. The minimum Gasteiger partial charge on any atom is -0.435 e. The smallest absolute Gasteiger partial charge is 0.387 e. The average molecular weight is 452 g/mol. The topological polar surface area (TPSA) is 107 Å². The lowest BCUT2D eigenvalue weighted by Gasteiger charge is -2.14. The lowest BCUT2D eigenvalue weighted by Crippen LogP contribution is -2.32. The zero-order valence-corrected chi connectivity index (χ0v) is 17.4. The number of amides is 1. The standard InChI is InChI=1S/C19H18F2N4O5S/c1-10-15(22-6-11-7-25(30-17(10)11)16(26)8-28-2)9-31(27)19-23-13-4-3-12(29-18(20)21)5-14(13)24-19/h3-6,18H,7-9H2,1-2H3,(H,23,24). The minimum atomic E-state index is -2.94. The number of methoxy groups -OCH3 is 1. The Morgan fingerprint density at radius 2 is 2.23 bits per heavy atom. The van der Waals surface area contributed by atoms with Crippen LogP contribution < -0.4 is 9.57 Å². The van der Waals surface area contributed by atoms with E-state index in [4.69, 9.17) is 9.57 Å². The van der Waals surface area contributed by atoms with Crippen molar-refractivity contribution in [1.82, 2.24) is 20.0 Å². The van der Waals surface area contributed by atoms with E-state index in [2.05, 4.69) is 19.7 Å². The maximum Gasteiger partial charge on any atom is 0.387 e. The van der Waals surface area contributed by atoms with E-state index in [-0.39, 0.29) is 35.7 Å². The Hall–Kier alpha value is -3.12. The van der Waals surface area contributed by atoms with Gasteiger partial charge in [-0.2, -0.15) is 13.8 Å². The Labute approximate surface area is 177 Å². The highest BCUT2D eigenvalue weighted by Gasteiger charge is 2.29. The van der Waals surface area contributed by atoms with Crippen LogP contribution in [0.15, 0.2) is 29.6 Å². The second kappa shape index (κ2) is 8.55. The summed E-state index contributed by atoms with van der Waals surface area (Å²) in [6.07, 6.45) is 1.58. The summed E-state index contributed by atoms with van der Waals surface area (Å²) in [5.41, 5.74) is 2.84. The summed E-state index contributed by atoms with van der Waals surface area (Å²) in [5.74, 6) is 0.212. The first-order valence-corrected chi connectivity index (χ1v) is 10.4. The van der Waals surface area contributed by atoms with Crippen molar-refractivity contribution in [1.29, 1.82) is 0 Å². The molecule has 1 aromatic carbocycles. The van der Waals surface area contributed by atoms with Gasteiger partial charge in [0.15, 0.2) is 10.9 Å². The van der Waals surface area contributed by atoms with Crippen molar-refractivity contribution in [2.24, 2.45) is 0 Å². The van der Waals surface area contributed by atoms with Gasteiger partial charge < -0.3 is 19.3 Å². The number of aromatic nitrogens is 3. The van der Waals surface area contributed by atoms with E-state index in [1.807, 2.05) is 0 Å². The van der Waals surface area contributed by atoms with Gasteiger partial charge in [0.05, 0.1) is 39.8 Å². The van der Waals surface area contributed by atoms with Crippen molar-refractivity contribution in [3.05, 3.63) is 41.2 Å². The number of benzene rings is 1. The first kappa shape index (κ1) is 21.1. The minimum absolute atomic E-state index is 0.0238. The second-order valence-corrected chi connectivity index (χ2v) is 8.09. The van der Waals surface area contributed by atoms with Crippen LogP contribution in [0, 0.1) is 6.92 Å². The predicted octanol–water partition coefficient (Wildman–Crippen LogP) is 2.46. The van der Waals surface area contributed by atoms with Crippen molar-refractivity contribution in [3.8, 4) is 11.5 Å². The number of rotatable bonds is 7. The summed E-state index contributed by atoms with van der Waals surface area (Å²) in [5, 5.41) is 1.38. The molecule has 0 saturated carbocycles. The van der Waals surface area contributed by atoms with E-state index in [0.29, 0.717) is 28.0 Å². The van der Waals surface area contributed by atoms with Crippen LogP contribution in [-0.4, -0.2) is 50.5 Å². The molecule has 0 bridgehead atoms. The van der Waals surface area contributed by atoms with E-state index in [1.165, 1.54) is 30.4 Å². The van der Waals surface area contributed by atoms with E-state index < -0.39 is 17.4 Å². The molecule has 0 fully saturated rings. The SMILES string of the molecule is COCC(=O)N1Cc2cnc(CS(=O)c3nc4ccc(OC(F)F)cc4[nH]3)c(C)c2O1. The van der Waals surface area contributed by atoms with Crippen molar-refractivity contribution in [3.63, 3.8) is 0 Å². The number of alkyl halides is 2. The predicted molar refractivity (Wildman–Crippen MR) is 105 cm³/mol. The van der Waals surface area contributed by atoms with E-state index in [1.54, 1.807) is 13.1 Å². The Kier molecular flexibility index (Phi) is 5.83. The number of imidazole rings is 1. The van der Waals surface area contributed by atoms with Crippen LogP contribution in [-0.2, 0) is 32.6 Å². The maximum absolute atomic E-state index is 12.9. The number of ether oxygens (including phenoxy) is 2. The van der Waals surface area contributed by atoms with Gasteiger partial charge >= 0.3 is 6.61 Å². The van der Waals surface area contributed by atoms with E-state index in [0.717, 1.165) is 5.56 Å². The number of aromatic amines is 1. The summed E-state index contributed by atoms with van der Waals surface area (Å²) in [6.45, 7) is -1.02. The summed E-state index contributed by atoms with van der Waals surface area (Å²) in [6, 6.07) is 4.23. The number of nitrogens with one attached hydrogen (secondary N) is 1. The number of carbonyl (C=O) groups is 1. The van der Waals surface area contributed by atoms with Crippen LogP contribution in [0.4, 0.5) is 8.78 Å². The van der Waals surface area contributed by atoms with Crippen LogP contribution in [0.25, 0.3) is 11.0 Å². The fraction of sp³-hybridized carbons (Fsp3) is 0.316. The molecule has 1 unspecified atom stereocenters. The van der Waals surface area contributed by atoms with Crippen molar-refractivity contribution >= 4 is 27.7 Å². The van der Waals surface area contributed by atoms with Crippen LogP contribution in [0.1, 0.15) is 16.8 Å². The van der Waals surface area contributed by atoms with Crippen LogP contribution in [0.2, 0.25) is 0 Å². The molecule has 0 radical (unpaired) electrons. The lowest BCUT2D eigenvalue weighted by molar-refractivity contribution is -0.159. The van der Waals surface area contributed by atoms with Crippen molar-refractivity contribution < 1.29 is 32.1 Å². The Balaban J connectivity index is 1.52. The van der Waals surface area contributed by atoms with E-state index in [9.17, 15) is 17.8 Å². The lowest BCUT2D eigenvalue weighted by atomic mass is 10.1. The second-order valence-electron chi connectivity index (χ2n) is 6.73. The fourth-order valence-electron chi connectivity index (χ4n) is 3.14. The van der Waals surface area contributed by atoms with Gasteiger partial charge in [-0.15, -0.1) is 0 Å². The molecule has 1 aliphatic rings. The molecule has 164 valence electrons. The fourth-order valence-corrected chi connectivity index (χ4v) is 4.24. The van der Waals surface area contributed by atoms with Gasteiger partial charge in [0.25, 0.3) is 5.91 Å². The third-order valence-electron chi connectivity index (χ3n) is 4.64. The number of hydrogen-bond acceptors (Lipinski definition) is 7.